The van der Waals surface area contributed by atoms with Crippen molar-refractivity contribution in [2.24, 2.45) is 5.73 Å². The number of nitrogens with two attached hydrogens (primary N) is 1. The van der Waals surface area contributed by atoms with Gasteiger partial charge in [0, 0.05) is 6.04 Å². The summed E-state index contributed by atoms with van der Waals surface area (Å²) in [6.45, 7) is 4.59. The molecule has 0 radical (unpaired) electrons. The standard InChI is InChI=1S/C13H20N2O2/c1-10(15-13(16)11(2)14)8-17-9-12-6-4-3-5-7-12/h3-7,10-11H,8-9,14H2,1-2H3,(H,15,16)/t10?,11-/m0/s1. The summed E-state index contributed by atoms with van der Waals surface area (Å²) in [7, 11) is 0. The second-order valence-electron chi connectivity index (χ2n) is 4.20. The van der Waals surface area contributed by atoms with E-state index in [1.807, 2.05) is 37.3 Å². The second kappa shape index (κ2) is 7.04. The van der Waals surface area contributed by atoms with Crippen LogP contribution in [0.1, 0.15) is 19.4 Å². The summed E-state index contributed by atoms with van der Waals surface area (Å²) in [5.41, 5.74) is 6.57. The van der Waals surface area contributed by atoms with Gasteiger partial charge in [0.25, 0.3) is 0 Å². The van der Waals surface area contributed by atoms with E-state index in [2.05, 4.69) is 5.32 Å². The molecule has 1 aromatic rings. The molecule has 0 fully saturated rings. The van der Waals surface area contributed by atoms with E-state index in [1.165, 1.54) is 0 Å². The van der Waals surface area contributed by atoms with Gasteiger partial charge in [-0.25, -0.2) is 0 Å². The smallest absolute Gasteiger partial charge is 0.236 e. The van der Waals surface area contributed by atoms with Crippen LogP contribution in [0.5, 0.6) is 0 Å². The van der Waals surface area contributed by atoms with E-state index in [0.29, 0.717) is 13.2 Å². The molecule has 2 atom stereocenters. The summed E-state index contributed by atoms with van der Waals surface area (Å²) in [5, 5.41) is 2.78. The molecule has 0 saturated carbocycles. The van der Waals surface area contributed by atoms with Gasteiger partial charge in [-0.15, -0.1) is 0 Å². The Bertz CT molecular complexity index is 339. The number of nitrogens with one attached hydrogen (secondary N) is 1. The Kier molecular flexibility index (Phi) is 5.66. The van der Waals surface area contributed by atoms with Crippen molar-refractivity contribution in [3.8, 4) is 0 Å². The van der Waals surface area contributed by atoms with Gasteiger partial charge >= 0.3 is 0 Å². The van der Waals surface area contributed by atoms with Crippen molar-refractivity contribution in [3.63, 3.8) is 0 Å². The van der Waals surface area contributed by atoms with Crippen molar-refractivity contribution >= 4 is 5.91 Å². The van der Waals surface area contributed by atoms with Crippen LogP contribution in [0.2, 0.25) is 0 Å². The van der Waals surface area contributed by atoms with E-state index in [9.17, 15) is 4.79 Å². The molecule has 0 aromatic heterocycles. The average molecular weight is 236 g/mol. The third kappa shape index (κ3) is 5.47. The molecule has 4 nitrogen and oxygen atoms in total. The molecule has 1 amide bonds. The summed E-state index contributed by atoms with van der Waals surface area (Å²) < 4.78 is 5.51. The van der Waals surface area contributed by atoms with Crippen LogP contribution < -0.4 is 11.1 Å². The first kappa shape index (κ1) is 13.7. The van der Waals surface area contributed by atoms with Gasteiger partial charge in [0.05, 0.1) is 19.3 Å². The quantitative estimate of drug-likeness (QED) is 0.776. The van der Waals surface area contributed by atoms with Crippen molar-refractivity contribution in [3.05, 3.63) is 35.9 Å². The van der Waals surface area contributed by atoms with Crippen molar-refractivity contribution in [1.82, 2.24) is 5.32 Å². The molecule has 3 N–H and O–H groups in total. The van der Waals surface area contributed by atoms with E-state index in [1.54, 1.807) is 6.92 Å². The van der Waals surface area contributed by atoms with Gasteiger partial charge in [0.2, 0.25) is 5.91 Å². The molecule has 94 valence electrons. The Labute approximate surface area is 102 Å². The first-order chi connectivity index (χ1) is 8.09. The predicted molar refractivity (Wildman–Crippen MR) is 67.4 cm³/mol. The fourth-order valence-corrected chi connectivity index (χ4v) is 1.34. The fourth-order valence-electron chi connectivity index (χ4n) is 1.34. The van der Waals surface area contributed by atoms with Gasteiger partial charge in [-0.05, 0) is 19.4 Å². The maximum absolute atomic E-state index is 11.3. The van der Waals surface area contributed by atoms with Crippen LogP contribution >= 0.6 is 0 Å². The molecule has 0 aliphatic heterocycles. The molecule has 0 spiro atoms. The fraction of sp³-hybridized carbons (Fsp3) is 0.462. The van der Waals surface area contributed by atoms with Gasteiger partial charge in [0.15, 0.2) is 0 Å². The van der Waals surface area contributed by atoms with Crippen LogP contribution in [0, 0.1) is 0 Å². The van der Waals surface area contributed by atoms with Crippen molar-refractivity contribution in [2.45, 2.75) is 32.5 Å². The van der Waals surface area contributed by atoms with Crippen LogP contribution in [0.3, 0.4) is 0 Å². The number of carbonyl (C=O) groups is 1. The van der Waals surface area contributed by atoms with Gasteiger partial charge in [0.1, 0.15) is 0 Å². The summed E-state index contributed by atoms with van der Waals surface area (Å²) >= 11 is 0. The molecule has 4 heteroatoms. The summed E-state index contributed by atoms with van der Waals surface area (Å²) in [6.07, 6.45) is 0. The third-order valence-corrected chi connectivity index (χ3v) is 2.28. The summed E-state index contributed by atoms with van der Waals surface area (Å²) in [4.78, 5) is 11.3. The van der Waals surface area contributed by atoms with Crippen LogP contribution in [0.25, 0.3) is 0 Å². The Morgan fingerprint density at radius 1 is 1.35 bits per heavy atom. The second-order valence-corrected chi connectivity index (χ2v) is 4.20. The van der Waals surface area contributed by atoms with E-state index in [4.69, 9.17) is 10.5 Å². The minimum absolute atomic E-state index is 0.0304. The molecule has 1 aromatic carbocycles. The predicted octanol–water partition coefficient (Wildman–Crippen LogP) is 1.06. The summed E-state index contributed by atoms with van der Waals surface area (Å²) in [5.74, 6) is -0.152. The molecule has 0 aliphatic rings. The molecule has 1 rings (SSSR count). The van der Waals surface area contributed by atoms with Crippen LogP contribution in [-0.4, -0.2) is 24.6 Å². The maximum Gasteiger partial charge on any atom is 0.236 e. The molecule has 17 heavy (non-hydrogen) atoms. The highest BCUT2D eigenvalue weighted by molar-refractivity contribution is 5.81. The Balaban J connectivity index is 2.20. The normalized spacial score (nSPS) is 14.1. The Morgan fingerprint density at radius 2 is 2.00 bits per heavy atom. The highest BCUT2D eigenvalue weighted by atomic mass is 16.5. The first-order valence-electron chi connectivity index (χ1n) is 5.77. The lowest BCUT2D eigenvalue weighted by molar-refractivity contribution is -0.123. The van der Waals surface area contributed by atoms with E-state index in [0.717, 1.165) is 5.56 Å². The maximum atomic E-state index is 11.3. The first-order valence-corrected chi connectivity index (χ1v) is 5.77. The number of hydrogen-bond acceptors (Lipinski definition) is 3. The zero-order valence-corrected chi connectivity index (χ0v) is 10.3. The topological polar surface area (TPSA) is 64.3 Å². The monoisotopic (exact) mass is 236 g/mol. The molecular formula is C13H20N2O2. The molecule has 0 saturated heterocycles. The summed E-state index contributed by atoms with van der Waals surface area (Å²) in [6, 6.07) is 9.41. The highest BCUT2D eigenvalue weighted by Crippen LogP contribution is 2.00. The van der Waals surface area contributed by atoms with Crippen molar-refractivity contribution < 1.29 is 9.53 Å². The minimum Gasteiger partial charge on any atom is -0.375 e. The number of carbonyl (C=O) groups excluding carboxylic acids is 1. The van der Waals surface area contributed by atoms with Crippen LogP contribution in [0.15, 0.2) is 30.3 Å². The van der Waals surface area contributed by atoms with E-state index >= 15 is 0 Å². The molecular weight excluding hydrogens is 216 g/mol. The van der Waals surface area contributed by atoms with Crippen molar-refractivity contribution in [2.75, 3.05) is 6.61 Å². The Hall–Kier alpha value is -1.39. The largest absolute Gasteiger partial charge is 0.375 e. The van der Waals surface area contributed by atoms with Gasteiger partial charge in [-0.2, -0.15) is 0 Å². The SMILES string of the molecule is CC(COCc1ccccc1)NC(=O)[C@H](C)N. The highest BCUT2D eigenvalue weighted by Gasteiger charge is 2.10. The Morgan fingerprint density at radius 3 is 2.59 bits per heavy atom. The lowest BCUT2D eigenvalue weighted by atomic mass is 10.2. The lowest BCUT2D eigenvalue weighted by Crippen LogP contribution is -2.44. The van der Waals surface area contributed by atoms with Crippen LogP contribution in [0.4, 0.5) is 0 Å². The molecule has 0 heterocycles. The van der Waals surface area contributed by atoms with Gasteiger partial charge < -0.3 is 15.8 Å². The number of benzene rings is 1. The number of rotatable bonds is 6. The van der Waals surface area contributed by atoms with Crippen molar-refractivity contribution in [1.29, 1.82) is 0 Å². The average Bonchev–Trinajstić information content (AvgIpc) is 2.30. The van der Waals surface area contributed by atoms with Gasteiger partial charge in [-0.1, -0.05) is 30.3 Å². The number of amides is 1. The van der Waals surface area contributed by atoms with Gasteiger partial charge in [-0.3, -0.25) is 4.79 Å². The minimum atomic E-state index is -0.480. The lowest BCUT2D eigenvalue weighted by Gasteiger charge is -2.15. The molecule has 0 bridgehead atoms. The van der Waals surface area contributed by atoms with E-state index in [-0.39, 0.29) is 11.9 Å². The zero-order valence-electron chi connectivity index (χ0n) is 10.3. The third-order valence-electron chi connectivity index (χ3n) is 2.28. The zero-order chi connectivity index (χ0) is 12.7. The molecule has 1 unspecified atom stereocenters. The number of ether oxygens (including phenoxy) is 1. The van der Waals surface area contributed by atoms with Crippen LogP contribution in [-0.2, 0) is 16.1 Å². The molecule has 0 aliphatic carbocycles. The number of hydrogen-bond donors (Lipinski definition) is 2. The van der Waals surface area contributed by atoms with E-state index < -0.39 is 6.04 Å².